The fraction of sp³-hybridized carbons (Fsp3) is 0.250. The molecule has 2 rings (SSSR count). The van der Waals surface area contributed by atoms with Gasteiger partial charge >= 0.3 is 6.18 Å². The van der Waals surface area contributed by atoms with Gasteiger partial charge in [-0.15, -0.1) is 0 Å². The minimum absolute atomic E-state index is 0.216. The number of benzene rings is 1. The minimum atomic E-state index is -4.76. The molecule has 0 spiro atoms. The molecule has 0 radical (unpaired) electrons. The van der Waals surface area contributed by atoms with E-state index in [1.807, 2.05) is 0 Å². The lowest BCUT2D eigenvalue weighted by Gasteiger charge is -2.11. The van der Waals surface area contributed by atoms with Gasteiger partial charge in [-0.2, -0.15) is 13.2 Å². The van der Waals surface area contributed by atoms with E-state index >= 15 is 0 Å². The van der Waals surface area contributed by atoms with Crippen LogP contribution in [-0.4, -0.2) is 17.0 Å². The summed E-state index contributed by atoms with van der Waals surface area (Å²) in [4.78, 5) is 23.6. The molecular weight excluding hydrogens is 380 g/mol. The maximum Gasteiger partial charge on any atom is 0.421 e. The topological polar surface area (TPSA) is 51.1 Å². The van der Waals surface area contributed by atoms with E-state index in [1.165, 1.54) is 0 Å². The van der Waals surface area contributed by atoms with E-state index < -0.39 is 29.8 Å². The molecule has 1 N–H and O–H groups in total. The third-order valence-electron chi connectivity index (χ3n) is 3.37. The van der Waals surface area contributed by atoms with Crippen molar-refractivity contribution in [3.63, 3.8) is 0 Å². The predicted octanol–water partition coefficient (Wildman–Crippen LogP) is 3.53. The molecule has 2 aromatic rings. The second-order valence-corrected chi connectivity index (χ2v) is 6.03. The van der Waals surface area contributed by atoms with Crippen LogP contribution < -0.4 is 10.9 Å². The molecule has 25 heavy (non-hydrogen) atoms. The van der Waals surface area contributed by atoms with Crippen molar-refractivity contribution in [2.24, 2.45) is 0 Å². The van der Waals surface area contributed by atoms with Crippen LogP contribution in [0, 0.1) is 0 Å². The zero-order valence-electron chi connectivity index (χ0n) is 12.7. The van der Waals surface area contributed by atoms with Crippen LogP contribution >= 0.6 is 23.2 Å². The van der Waals surface area contributed by atoms with Crippen LogP contribution in [0.25, 0.3) is 0 Å². The lowest BCUT2D eigenvalue weighted by molar-refractivity contribution is -0.139. The molecule has 0 aliphatic heterocycles. The van der Waals surface area contributed by atoms with Crippen LogP contribution in [0.3, 0.4) is 0 Å². The molecule has 1 aromatic heterocycles. The number of carbonyl (C=O) groups is 1. The molecule has 1 amide bonds. The van der Waals surface area contributed by atoms with E-state index in [0.717, 1.165) is 17.8 Å². The number of hydrogen-bond acceptors (Lipinski definition) is 2. The van der Waals surface area contributed by atoms with Crippen molar-refractivity contribution >= 4 is 29.1 Å². The third-order valence-corrected chi connectivity index (χ3v) is 3.96. The number of nitrogens with zero attached hydrogens (tertiary/aromatic N) is 1. The average Bonchev–Trinajstić information content (AvgIpc) is 2.50. The summed E-state index contributed by atoms with van der Waals surface area (Å²) in [6.45, 7) is -0.287. The minimum Gasteiger partial charge on any atom is -0.354 e. The van der Waals surface area contributed by atoms with Crippen molar-refractivity contribution < 1.29 is 18.0 Å². The molecule has 0 saturated carbocycles. The standard InChI is InChI=1S/C16H13Cl2F3N2O2/c17-11-4-3-10(13(18)8-11)5-6-22-14(24)9-23-7-1-2-12(15(23)25)16(19,20)21/h1-4,7-8H,5-6,9H2,(H,22,24). The second-order valence-electron chi connectivity index (χ2n) is 5.19. The van der Waals surface area contributed by atoms with Gasteiger partial charge in [0, 0.05) is 22.8 Å². The Morgan fingerprint density at radius 2 is 1.92 bits per heavy atom. The Bertz CT molecular complexity index is 835. The molecule has 0 saturated heterocycles. The summed E-state index contributed by atoms with van der Waals surface area (Å²) >= 11 is 11.8. The van der Waals surface area contributed by atoms with E-state index in [2.05, 4.69) is 5.32 Å². The molecule has 0 fully saturated rings. The fourth-order valence-corrected chi connectivity index (χ4v) is 2.65. The number of alkyl halides is 3. The Labute approximate surface area is 151 Å². The van der Waals surface area contributed by atoms with Gasteiger partial charge in [-0.25, -0.2) is 0 Å². The molecule has 0 aliphatic carbocycles. The Morgan fingerprint density at radius 3 is 2.56 bits per heavy atom. The molecule has 4 nitrogen and oxygen atoms in total. The first-order valence-corrected chi connectivity index (χ1v) is 7.91. The highest BCUT2D eigenvalue weighted by molar-refractivity contribution is 6.35. The molecule has 0 unspecified atom stereocenters. The SMILES string of the molecule is O=C(Cn1cccc(C(F)(F)F)c1=O)NCCc1ccc(Cl)cc1Cl. The number of carbonyl (C=O) groups excluding carboxylic acids is 1. The van der Waals surface area contributed by atoms with Gasteiger partial charge in [0.2, 0.25) is 5.91 Å². The monoisotopic (exact) mass is 392 g/mol. The highest BCUT2D eigenvalue weighted by atomic mass is 35.5. The highest BCUT2D eigenvalue weighted by Gasteiger charge is 2.34. The van der Waals surface area contributed by atoms with E-state index in [0.29, 0.717) is 27.1 Å². The first-order chi connectivity index (χ1) is 11.7. The first kappa shape index (κ1) is 19.3. The first-order valence-electron chi connectivity index (χ1n) is 7.16. The van der Waals surface area contributed by atoms with Crippen LogP contribution in [0.4, 0.5) is 13.2 Å². The van der Waals surface area contributed by atoms with E-state index in [4.69, 9.17) is 23.2 Å². The summed E-state index contributed by atoms with van der Waals surface area (Å²) in [5.74, 6) is -0.577. The Kier molecular flexibility index (Phi) is 6.13. The smallest absolute Gasteiger partial charge is 0.354 e. The zero-order valence-corrected chi connectivity index (χ0v) is 14.3. The van der Waals surface area contributed by atoms with Gasteiger partial charge in [-0.05, 0) is 36.2 Å². The molecule has 9 heteroatoms. The largest absolute Gasteiger partial charge is 0.421 e. The Hall–Kier alpha value is -1.99. The molecule has 1 aromatic carbocycles. The van der Waals surface area contributed by atoms with Gasteiger partial charge in [0.25, 0.3) is 5.56 Å². The van der Waals surface area contributed by atoms with Crippen molar-refractivity contribution in [1.82, 2.24) is 9.88 Å². The number of halogens is 5. The lowest BCUT2D eigenvalue weighted by Crippen LogP contribution is -2.35. The number of rotatable bonds is 5. The van der Waals surface area contributed by atoms with Gasteiger partial charge in [0.15, 0.2) is 0 Å². The van der Waals surface area contributed by atoms with Crippen molar-refractivity contribution in [3.05, 3.63) is 68.1 Å². The quantitative estimate of drug-likeness (QED) is 0.845. The summed E-state index contributed by atoms with van der Waals surface area (Å²) in [7, 11) is 0. The van der Waals surface area contributed by atoms with E-state index in [1.54, 1.807) is 18.2 Å². The van der Waals surface area contributed by atoms with Crippen LogP contribution in [0.2, 0.25) is 10.0 Å². The number of aromatic nitrogens is 1. The third kappa shape index (κ3) is 5.24. The van der Waals surface area contributed by atoms with Crippen LogP contribution in [0.15, 0.2) is 41.3 Å². The van der Waals surface area contributed by atoms with Crippen LogP contribution in [0.1, 0.15) is 11.1 Å². The molecule has 1 heterocycles. The van der Waals surface area contributed by atoms with Gasteiger partial charge in [-0.3, -0.25) is 9.59 Å². The van der Waals surface area contributed by atoms with Crippen LogP contribution in [0.5, 0.6) is 0 Å². The average molecular weight is 393 g/mol. The number of nitrogens with one attached hydrogen (secondary N) is 1. The summed E-state index contributed by atoms with van der Waals surface area (Å²) in [5.41, 5.74) is -1.80. The summed E-state index contributed by atoms with van der Waals surface area (Å²) in [5, 5.41) is 3.48. The Balaban J connectivity index is 1.96. The number of amides is 1. The van der Waals surface area contributed by atoms with Gasteiger partial charge < -0.3 is 9.88 Å². The van der Waals surface area contributed by atoms with Crippen molar-refractivity contribution in [2.45, 2.75) is 19.1 Å². The van der Waals surface area contributed by atoms with Crippen LogP contribution in [-0.2, 0) is 23.9 Å². The molecule has 0 bridgehead atoms. The summed E-state index contributed by atoms with van der Waals surface area (Å²) in [6.07, 6.45) is -3.21. The van der Waals surface area contributed by atoms with Crippen molar-refractivity contribution in [2.75, 3.05) is 6.54 Å². The van der Waals surface area contributed by atoms with Gasteiger partial charge in [0.1, 0.15) is 12.1 Å². The predicted molar refractivity (Wildman–Crippen MR) is 88.9 cm³/mol. The maximum absolute atomic E-state index is 12.7. The zero-order chi connectivity index (χ0) is 18.6. The van der Waals surface area contributed by atoms with Crippen molar-refractivity contribution in [3.8, 4) is 0 Å². The summed E-state index contributed by atoms with van der Waals surface area (Å²) in [6, 6.07) is 6.70. The van der Waals surface area contributed by atoms with Gasteiger partial charge in [0.05, 0.1) is 0 Å². The summed E-state index contributed by atoms with van der Waals surface area (Å²) < 4.78 is 38.8. The molecule has 0 atom stereocenters. The van der Waals surface area contributed by atoms with Gasteiger partial charge in [-0.1, -0.05) is 29.3 Å². The van der Waals surface area contributed by atoms with Crippen molar-refractivity contribution in [1.29, 1.82) is 0 Å². The van der Waals surface area contributed by atoms with E-state index in [-0.39, 0.29) is 6.54 Å². The number of pyridine rings is 1. The normalized spacial score (nSPS) is 11.4. The molecule has 0 aliphatic rings. The van der Waals surface area contributed by atoms with E-state index in [9.17, 15) is 22.8 Å². The highest BCUT2D eigenvalue weighted by Crippen LogP contribution is 2.26. The lowest BCUT2D eigenvalue weighted by atomic mass is 10.1. The second kappa shape index (κ2) is 7.93. The Morgan fingerprint density at radius 1 is 1.20 bits per heavy atom. The number of hydrogen-bond donors (Lipinski definition) is 1. The molecular formula is C16H13Cl2F3N2O2. The fourth-order valence-electron chi connectivity index (χ4n) is 2.15. The maximum atomic E-state index is 12.7. The molecule has 134 valence electrons.